The second-order valence-electron chi connectivity index (χ2n) is 3.40. The minimum absolute atomic E-state index is 0.199. The Bertz CT molecular complexity index is 238. The normalized spacial score (nSPS) is 9.20. The van der Waals surface area contributed by atoms with Gasteiger partial charge in [-0.15, -0.1) is 0 Å². The minimum Gasteiger partial charge on any atom is -0.459 e. The van der Waals surface area contributed by atoms with Gasteiger partial charge >= 0.3 is 0 Å². The number of unbranched alkanes of at least 4 members (excludes halogenated alkanes) is 4. The summed E-state index contributed by atoms with van der Waals surface area (Å²) in [5, 5.41) is 0. The molecule has 0 aliphatic heterocycles. The Kier molecular flexibility index (Phi) is 8.53. The zero-order valence-corrected chi connectivity index (χ0v) is 9.66. The molecule has 15 heavy (non-hydrogen) atoms. The van der Waals surface area contributed by atoms with Crippen molar-refractivity contribution in [2.45, 2.75) is 46.0 Å². The molecule has 1 rings (SSSR count). The second-order valence-corrected chi connectivity index (χ2v) is 3.40. The van der Waals surface area contributed by atoms with Gasteiger partial charge in [0.2, 0.25) is 0 Å². The quantitative estimate of drug-likeness (QED) is 0.759. The van der Waals surface area contributed by atoms with Crippen molar-refractivity contribution in [2.75, 3.05) is 0 Å². The molecular weight excluding hydrogens is 190 g/mol. The Labute approximate surface area is 91.7 Å². The van der Waals surface area contributed by atoms with Crippen LogP contribution in [0, 0.1) is 0 Å². The van der Waals surface area contributed by atoms with Gasteiger partial charge in [0, 0.05) is 0 Å². The molecule has 0 unspecified atom stereocenters. The highest BCUT2D eigenvalue weighted by atomic mass is 16.3. The van der Waals surface area contributed by atoms with Crippen molar-refractivity contribution in [1.82, 2.24) is 0 Å². The van der Waals surface area contributed by atoms with Crippen LogP contribution in [0.25, 0.3) is 0 Å². The van der Waals surface area contributed by atoms with Crippen molar-refractivity contribution >= 4 is 5.91 Å². The molecule has 0 aromatic carbocycles. The molecule has 0 aliphatic rings. The number of rotatable bonds is 5. The summed E-state index contributed by atoms with van der Waals surface area (Å²) in [4.78, 5) is 10.2. The van der Waals surface area contributed by atoms with E-state index < -0.39 is 5.91 Å². The molecule has 0 spiro atoms. The van der Waals surface area contributed by atoms with E-state index in [9.17, 15) is 4.79 Å². The van der Waals surface area contributed by atoms with Crippen LogP contribution >= 0.6 is 0 Å². The van der Waals surface area contributed by atoms with E-state index in [1.165, 1.54) is 44.4 Å². The molecule has 1 aromatic heterocycles. The summed E-state index contributed by atoms with van der Waals surface area (Å²) in [6.07, 6.45) is 8.41. The topological polar surface area (TPSA) is 56.2 Å². The maximum atomic E-state index is 10.2. The SMILES string of the molecule is CCCCCCC.NC(=O)c1ccco1. The van der Waals surface area contributed by atoms with E-state index in [0.29, 0.717) is 0 Å². The number of furan rings is 1. The van der Waals surface area contributed by atoms with Gasteiger partial charge in [0.15, 0.2) is 5.76 Å². The molecule has 0 fully saturated rings. The summed E-state index contributed by atoms with van der Waals surface area (Å²) in [5.74, 6) is -0.333. The molecule has 1 aromatic rings. The van der Waals surface area contributed by atoms with Gasteiger partial charge in [0.25, 0.3) is 5.91 Å². The molecule has 0 saturated carbocycles. The molecule has 2 N–H and O–H groups in total. The lowest BCUT2D eigenvalue weighted by molar-refractivity contribution is 0.0974. The van der Waals surface area contributed by atoms with E-state index in [1.54, 1.807) is 6.07 Å². The average Bonchev–Trinajstić information content (AvgIpc) is 2.72. The lowest BCUT2D eigenvalue weighted by Gasteiger charge is -1.90. The third-order valence-corrected chi connectivity index (χ3v) is 1.97. The van der Waals surface area contributed by atoms with Gasteiger partial charge in [0.1, 0.15) is 0 Å². The van der Waals surface area contributed by atoms with Crippen LogP contribution in [0.15, 0.2) is 22.8 Å². The Morgan fingerprint density at radius 2 is 1.87 bits per heavy atom. The zero-order chi connectivity index (χ0) is 11.5. The second kappa shape index (κ2) is 9.31. The zero-order valence-electron chi connectivity index (χ0n) is 9.66. The standard InChI is InChI=1S/C7H16.C5H5NO2/c1-3-5-7-6-4-2;6-5(7)4-2-1-3-8-4/h3-7H2,1-2H3;1-3H,(H2,6,7). The molecule has 0 bridgehead atoms. The van der Waals surface area contributed by atoms with Gasteiger partial charge in [-0.3, -0.25) is 4.79 Å². The maximum Gasteiger partial charge on any atom is 0.284 e. The molecule has 0 aliphatic carbocycles. The van der Waals surface area contributed by atoms with E-state index in [4.69, 9.17) is 5.73 Å². The fourth-order valence-corrected chi connectivity index (χ4v) is 1.10. The van der Waals surface area contributed by atoms with Gasteiger partial charge in [-0.1, -0.05) is 46.0 Å². The number of amides is 1. The van der Waals surface area contributed by atoms with Crippen molar-refractivity contribution in [3.05, 3.63) is 24.2 Å². The van der Waals surface area contributed by atoms with E-state index in [1.807, 2.05) is 0 Å². The Morgan fingerprint density at radius 3 is 2.13 bits per heavy atom. The molecule has 86 valence electrons. The van der Waals surface area contributed by atoms with Crippen molar-refractivity contribution < 1.29 is 9.21 Å². The van der Waals surface area contributed by atoms with Gasteiger partial charge in [-0.25, -0.2) is 0 Å². The monoisotopic (exact) mass is 211 g/mol. The number of primary amides is 1. The lowest BCUT2D eigenvalue weighted by atomic mass is 10.2. The number of carbonyl (C=O) groups excluding carboxylic acids is 1. The third kappa shape index (κ3) is 7.79. The van der Waals surface area contributed by atoms with Crippen LogP contribution in [0.1, 0.15) is 56.5 Å². The predicted molar refractivity (Wildman–Crippen MR) is 61.7 cm³/mol. The number of hydrogen-bond donors (Lipinski definition) is 1. The fraction of sp³-hybridized carbons (Fsp3) is 0.583. The lowest BCUT2D eigenvalue weighted by Crippen LogP contribution is -2.08. The van der Waals surface area contributed by atoms with E-state index in [0.717, 1.165) is 0 Å². The van der Waals surface area contributed by atoms with Gasteiger partial charge in [-0.05, 0) is 12.1 Å². The highest BCUT2D eigenvalue weighted by Crippen LogP contribution is 2.00. The molecule has 0 radical (unpaired) electrons. The molecule has 3 heteroatoms. The Morgan fingerprint density at radius 1 is 1.27 bits per heavy atom. The third-order valence-electron chi connectivity index (χ3n) is 1.97. The van der Waals surface area contributed by atoms with E-state index in [2.05, 4.69) is 18.3 Å². The maximum absolute atomic E-state index is 10.2. The summed E-state index contributed by atoms with van der Waals surface area (Å²) in [6.45, 7) is 4.49. The van der Waals surface area contributed by atoms with Gasteiger partial charge < -0.3 is 10.2 Å². The molecule has 1 amide bonds. The first-order chi connectivity index (χ1) is 7.22. The first-order valence-electron chi connectivity index (χ1n) is 5.55. The molecule has 0 saturated heterocycles. The number of carbonyl (C=O) groups is 1. The summed E-state index contributed by atoms with van der Waals surface area (Å²) in [7, 11) is 0. The first-order valence-corrected chi connectivity index (χ1v) is 5.55. The average molecular weight is 211 g/mol. The van der Waals surface area contributed by atoms with Crippen LogP contribution in [0.2, 0.25) is 0 Å². The van der Waals surface area contributed by atoms with Crippen LogP contribution in [0.4, 0.5) is 0 Å². The van der Waals surface area contributed by atoms with Crippen LogP contribution in [-0.4, -0.2) is 5.91 Å². The minimum atomic E-state index is -0.532. The summed E-state index contributed by atoms with van der Waals surface area (Å²) < 4.78 is 4.62. The van der Waals surface area contributed by atoms with Gasteiger partial charge in [0.05, 0.1) is 6.26 Å². The predicted octanol–water partition coefficient (Wildman–Crippen LogP) is 3.36. The van der Waals surface area contributed by atoms with Crippen molar-refractivity contribution in [2.24, 2.45) is 5.73 Å². The molecule has 3 nitrogen and oxygen atoms in total. The van der Waals surface area contributed by atoms with Crippen molar-refractivity contribution in [1.29, 1.82) is 0 Å². The highest BCUT2D eigenvalue weighted by molar-refractivity contribution is 5.89. The van der Waals surface area contributed by atoms with Crippen molar-refractivity contribution in [3.8, 4) is 0 Å². The fourth-order valence-electron chi connectivity index (χ4n) is 1.10. The summed E-state index contributed by atoms with van der Waals surface area (Å²) >= 11 is 0. The van der Waals surface area contributed by atoms with Crippen LogP contribution in [-0.2, 0) is 0 Å². The highest BCUT2D eigenvalue weighted by Gasteiger charge is 1.98. The largest absolute Gasteiger partial charge is 0.459 e. The molecule has 0 atom stereocenters. The Hall–Kier alpha value is -1.25. The van der Waals surface area contributed by atoms with Crippen molar-refractivity contribution in [3.63, 3.8) is 0 Å². The van der Waals surface area contributed by atoms with Crippen LogP contribution in [0.5, 0.6) is 0 Å². The molecular formula is C12H21NO2. The summed E-state index contributed by atoms with van der Waals surface area (Å²) in [6, 6.07) is 3.13. The first kappa shape index (κ1) is 13.8. The number of hydrogen-bond acceptors (Lipinski definition) is 2. The molecule has 1 heterocycles. The Balaban J connectivity index is 0.000000265. The van der Waals surface area contributed by atoms with E-state index >= 15 is 0 Å². The van der Waals surface area contributed by atoms with E-state index in [-0.39, 0.29) is 5.76 Å². The van der Waals surface area contributed by atoms with Crippen LogP contribution < -0.4 is 5.73 Å². The summed E-state index contributed by atoms with van der Waals surface area (Å²) in [5.41, 5.74) is 4.83. The van der Waals surface area contributed by atoms with Crippen LogP contribution in [0.3, 0.4) is 0 Å². The smallest absolute Gasteiger partial charge is 0.284 e. The van der Waals surface area contributed by atoms with Gasteiger partial charge in [-0.2, -0.15) is 0 Å². The number of nitrogens with two attached hydrogens (primary N) is 1.